The van der Waals surface area contributed by atoms with E-state index in [2.05, 4.69) is 0 Å². The van der Waals surface area contributed by atoms with Gasteiger partial charge in [-0.3, -0.25) is 0 Å². The molecule has 0 heterocycles. The Morgan fingerprint density at radius 3 is 2.44 bits per heavy atom. The van der Waals surface area contributed by atoms with Gasteiger partial charge in [-0.25, -0.2) is 8.42 Å². The third-order valence-electron chi connectivity index (χ3n) is 2.16. The lowest BCUT2D eigenvalue weighted by Gasteiger charge is -2.30. The molecule has 1 atom stereocenters. The van der Waals surface area contributed by atoms with E-state index in [1.165, 1.54) is 0 Å². The fourth-order valence-electron chi connectivity index (χ4n) is 1.50. The summed E-state index contributed by atoms with van der Waals surface area (Å²) >= 11 is 4.94. The van der Waals surface area contributed by atoms with Crippen LogP contribution in [0.4, 0.5) is 5.69 Å². The van der Waals surface area contributed by atoms with Crippen LogP contribution in [-0.2, 0) is 26.4 Å². The molecule has 0 aliphatic carbocycles. The minimum atomic E-state index is -3.72. The van der Waals surface area contributed by atoms with Crippen LogP contribution in [-0.4, -0.2) is 26.2 Å². The van der Waals surface area contributed by atoms with Crippen molar-refractivity contribution in [3.63, 3.8) is 0 Å². The topological polar surface area (TPSA) is 66.8 Å². The molecule has 0 aliphatic heterocycles. The quantitative estimate of drug-likeness (QED) is 0.843. The maximum atomic E-state index is 11.9. The second-order valence-corrected chi connectivity index (χ2v) is 8.87. The number of hydrogen-bond donors (Lipinski definition) is 1. The number of aryl methyl sites for hydroxylation is 1. The van der Waals surface area contributed by atoms with Gasteiger partial charge in [0.05, 0.1) is 18.6 Å². The van der Waals surface area contributed by atoms with Crippen molar-refractivity contribution in [2.75, 3.05) is 16.9 Å². The van der Waals surface area contributed by atoms with Gasteiger partial charge in [-0.05, 0) is 37.3 Å². The van der Waals surface area contributed by atoms with Gasteiger partial charge in [-0.1, -0.05) is 18.2 Å². The van der Waals surface area contributed by atoms with Crippen molar-refractivity contribution < 1.29 is 17.8 Å². The van der Waals surface area contributed by atoms with Gasteiger partial charge in [0, 0.05) is 0 Å². The van der Waals surface area contributed by atoms with Gasteiger partial charge >= 0.3 is 6.64 Å². The van der Waals surface area contributed by atoms with Gasteiger partial charge in [0.15, 0.2) is 0 Å². The van der Waals surface area contributed by atoms with Crippen molar-refractivity contribution in [3.05, 3.63) is 29.8 Å². The molecule has 0 aliphatic rings. The van der Waals surface area contributed by atoms with Crippen LogP contribution >= 0.6 is 6.64 Å². The molecule has 0 bridgehead atoms. The summed E-state index contributed by atoms with van der Waals surface area (Å²) in [4.78, 5) is 10.1. The Hall–Kier alpha value is -0.460. The SMILES string of the molecule is CCOP(O)(=S)N(c1ccccc1C)S(C)(=O)=O. The number of rotatable bonds is 5. The van der Waals surface area contributed by atoms with Gasteiger partial charge < -0.3 is 9.42 Å². The molecule has 1 unspecified atom stereocenters. The summed E-state index contributed by atoms with van der Waals surface area (Å²) in [5.41, 5.74) is 1.05. The molecule has 0 aromatic heterocycles. The van der Waals surface area contributed by atoms with Crippen LogP contribution in [0.1, 0.15) is 12.5 Å². The van der Waals surface area contributed by atoms with E-state index in [0.717, 1.165) is 10.3 Å². The second kappa shape index (κ2) is 5.67. The van der Waals surface area contributed by atoms with Crippen molar-refractivity contribution in [1.82, 2.24) is 0 Å². The van der Waals surface area contributed by atoms with Gasteiger partial charge in [0.25, 0.3) is 0 Å². The summed E-state index contributed by atoms with van der Waals surface area (Å²) in [7, 11) is -3.72. The molecular weight excluding hydrogens is 293 g/mol. The molecule has 0 saturated heterocycles. The predicted octanol–water partition coefficient (Wildman–Crippen LogP) is 2.01. The summed E-state index contributed by atoms with van der Waals surface area (Å²) < 4.78 is 29.6. The smallest absolute Gasteiger partial charge is 0.301 e. The lowest BCUT2D eigenvalue weighted by Crippen LogP contribution is -2.28. The summed E-state index contributed by atoms with van der Waals surface area (Å²) in [6.07, 6.45) is 0.996. The molecule has 1 N–H and O–H groups in total. The number of nitrogens with zero attached hydrogens (tertiary/aromatic N) is 1. The molecule has 0 spiro atoms. The van der Waals surface area contributed by atoms with E-state index >= 15 is 0 Å². The monoisotopic (exact) mass is 309 g/mol. The van der Waals surface area contributed by atoms with Crippen LogP contribution in [0.3, 0.4) is 0 Å². The van der Waals surface area contributed by atoms with Crippen molar-refractivity contribution >= 4 is 34.2 Å². The highest BCUT2D eigenvalue weighted by atomic mass is 32.5. The average Bonchev–Trinajstić information content (AvgIpc) is 2.18. The predicted molar refractivity (Wildman–Crippen MR) is 76.6 cm³/mol. The largest absolute Gasteiger partial charge is 0.329 e. The Morgan fingerprint density at radius 2 is 2.00 bits per heavy atom. The van der Waals surface area contributed by atoms with E-state index in [1.807, 2.05) is 0 Å². The van der Waals surface area contributed by atoms with Crippen LogP contribution in [0.2, 0.25) is 0 Å². The molecular formula is C10H16NO4PS2. The number of anilines is 1. The first kappa shape index (κ1) is 15.6. The van der Waals surface area contributed by atoms with E-state index in [4.69, 9.17) is 16.3 Å². The molecule has 0 saturated carbocycles. The first-order valence-electron chi connectivity index (χ1n) is 5.24. The standard InChI is InChI=1S/C10H16NO4PS2/c1-4-15-16(12,17)11(18(3,13)14)10-8-6-5-7-9(10)2/h5-8H,4H2,1-3H3,(H,12,17). The Morgan fingerprint density at radius 1 is 1.44 bits per heavy atom. The minimum Gasteiger partial charge on any atom is -0.329 e. The minimum absolute atomic E-state index is 0.145. The van der Waals surface area contributed by atoms with Crippen molar-refractivity contribution in [1.29, 1.82) is 0 Å². The summed E-state index contributed by atoms with van der Waals surface area (Å²) in [6.45, 7) is -0.0566. The Bertz CT molecular complexity index is 573. The van der Waals surface area contributed by atoms with Crippen molar-refractivity contribution in [2.45, 2.75) is 13.8 Å². The normalized spacial score (nSPS) is 15.1. The molecule has 1 aromatic rings. The number of sulfonamides is 1. The number of para-hydroxylation sites is 1. The van der Waals surface area contributed by atoms with E-state index < -0.39 is 16.7 Å². The fourth-order valence-corrected chi connectivity index (χ4v) is 6.31. The highest BCUT2D eigenvalue weighted by Gasteiger charge is 2.33. The van der Waals surface area contributed by atoms with Gasteiger partial charge in [0.1, 0.15) is 0 Å². The summed E-state index contributed by atoms with van der Waals surface area (Å²) in [5.74, 6) is 0. The molecule has 18 heavy (non-hydrogen) atoms. The number of benzene rings is 1. The van der Waals surface area contributed by atoms with Gasteiger partial charge in [0.2, 0.25) is 10.0 Å². The summed E-state index contributed by atoms with van der Waals surface area (Å²) in [5, 5.41) is 0. The van der Waals surface area contributed by atoms with E-state index in [0.29, 0.717) is 11.3 Å². The zero-order chi connectivity index (χ0) is 14.0. The fraction of sp³-hybridized carbons (Fsp3) is 0.400. The average molecular weight is 309 g/mol. The third kappa shape index (κ3) is 3.52. The molecule has 5 nitrogen and oxygen atoms in total. The zero-order valence-corrected chi connectivity index (χ0v) is 12.9. The first-order valence-corrected chi connectivity index (χ1v) is 9.71. The van der Waals surface area contributed by atoms with Crippen molar-refractivity contribution in [3.8, 4) is 0 Å². The number of hydrogen-bond acceptors (Lipinski definition) is 4. The molecule has 1 aromatic carbocycles. The summed E-state index contributed by atoms with van der Waals surface area (Å²) in [6, 6.07) is 6.80. The van der Waals surface area contributed by atoms with Crippen LogP contribution in [0.15, 0.2) is 24.3 Å². The zero-order valence-electron chi connectivity index (χ0n) is 10.4. The van der Waals surface area contributed by atoms with Gasteiger partial charge in [-0.2, -0.15) is 4.08 Å². The van der Waals surface area contributed by atoms with Crippen LogP contribution < -0.4 is 4.08 Å². The molecule has 8 heteroatoms. The van der Waals surface area contributed by atoms with E-state index in [-0.39, 0.29) is 6.61 Å². The maximum Gasteiger partial charge on any atom is 0.301 e. The van der Waals surface area contributed by atoms with E-state index in [1.54, 1.807) is 38.1 Å². The molecule has 0 fully saturated rings. The van der Waals surface area contributed by atoms with Gasteiger partial charge in [-0.15, -0.1) is 0 Å². The lowest BCUT2D eigenvalue weighted by molar-refractivity contribution is 0.328. The Balaban J connectivity index is 3.42. The van der Waals surface area contributed by atoms with Crippen LogP contribution in [0.5, 0.6) is 0 Å². The van der Waals surface area contributed by atoms with Crippen molar-refractivity contribution in [2.24, 2.45) is 0 Å². The maximum absolute atomic E-state index is 11.9. The molecule has 0 amide bonds. The van der Waals surface area contributed by atoms with Crippen LogP contribution in [0, 0.1) is 6.92 Å². The second-order valence-electron chi connectivity index (χ2n) is 3.70. The molecule has 0 radical (unpaired) electrons. The molecule has 1 rings (SSSR count). The first-order chi connectivity index (χ1) is 8.20. The van der Waals surface area contributed by atoms with Crippen LogP contribution in [0.25, 0.3) is 0 Å². The highest BCUT2D eigenvalue weighted by Crippen LogP contribution is 2.51. The highest BCUT2D eigenvalue weighted by molar-refractivity contribution is 8.17. The lowest BCUT2D eigenvalue weighted by atomic mass is 10.2. The Kier molecular flexibility index (Phi) is 4.91. The third-order valence-corrected chi connectivity index (χ3v) is 6.93. The van der Waals surface area contributed by atoms with E-state index in [9.17, 15) is 13.3 Å². The molecule has 102 valence electrons. The Labute approximate surface area is 113 Å².